The number of fused-ring (bicyclic) bond motifs is 1. The fourth-order valence-electron chi connectivity index (χ4n) is 6.05. The minimum atomic E-state index is -3.93. The zero-order valence-electron chi connectivity index (χ0n) is 25.7. The van der Waals surface area contributed by atoms with E-state index in [-0.39, 0.29) is 60.7 Å². The van der Waals surface area contributed by atoms with Crippen LogP contribution in [0.3, 0.4) is 0 Å². The number of amides is 1. The predicted octanol–water partition coefficient (Wildman–Crippen LogP) is 4.17. The number of sulfonamides is 1. The smallest absolute Gasteiger partial charge is 0.286 e. The van der Waals surface area contributed by atoms with Gasteiger partial charge in [0.25, 0.3) is 5.91 Å². The first-order valence-corrected chi connectivity index (χ1v) is 16.8. The van der Waals surface area contributed by atoms with Crippen LogP contribution < -0.4 is 10.1 Å². The molecule has 242 valence electrons. The third-order valence-electron chi connectivity index (χ3n) is 8.39. The number of aromatic nitrogens is 1. The lowest BCUT2D eigenvalue weighted by molar-refractivity contribution is -0.147. The van der Waals surface area contributed by atoms with Crippen molar-refractivity contribution in [2.75, 3.05) is 33.4 Å². The number of aliphatic hydroxyl groups excluding tert-OH is 1. The average Bonchev–Trinajstić information content (AvgIpc) is 3.45. The number of hydrogen-bond acceptors (Lipinski definition) is 8. The zero-order chi connectivity index (χ0) is 32.0. The number of aliphatic hydroxyl groups is 1. The maximum absolute atomic E-state index is 13.4. The van der Waals surface area contributed by atoms with E-state index < -0.39 is 16.3 Å². The van der Waals surface area contributed by atoms with Crippen LogP contribution >= 0.6 is 0 Å². The molecular formula is C33H41N3O8S. The number of methoxy groups -OCH3 is 1. The van der Waals surface area contributed by atoms with Gasteiger partial charge in [0.1, 0.15) is 5.75 Å². The summed E-state index contributed by atoms with van der Waals surface area (Å²) in [6.07, 6.45) is 8.19. The van der Waals surface area contributed by atoms with Crippen molar-refractivity contribution in [3.63, 3.8) is 0 Å². The Bertz CT molecular complexity index is 1630. The van der Waals surface area contributed by atoms with Crippen molar-refractivity contribution < 1.29 is 37.3 Å². The van der Waals surface area contributed by atoms with Gasteiger partial charge in [-0.05, 0) is 54.8 Å². The third-order valence-corrected chi connectivity index (χ3v) is 10.3. The maximum atomic E-state index is 13.4. The molecule has 2 N–H and O–H groups in total. The summed E-state index contributed by atoms with van der Waals surface area (Å²) >= 11 is 0. The number of ether oxygens (including phenoxy) is 3. The Morgan fingerprint density at radius 3 is 2.49 bits per heavy atom. The molecule has 1 aliphatic heterocycles. The topological polar surface area (TPSA) is 136 Å². The van der Waals surface area contributed by atoms with E-state index in [1.807, 2.05) is 24.3 Å². The van der Waals surface area contributed by atoms with Crippen molar-refractivity contribution in [3.05, 3.63) is 72.1 Å². The summed E-state index contributed by atoms with van der Waals surface area (Å²) in [6.45, 7) is 0.927. The van der Waals surface area contributed by atoms with Gasteiger partial charge >= 0.3 is 0 Å². The van der Waals surface area contributed by atoms with Crippen LogP contribution in [-0.2, 0) is 24.3 Å². The van der Waals surface area contributed by atoms with E-state index in [1.165, 1.54) is 26.2 Å². The van der Waals surface area contributed by atoms with E-state index in [2.05, 4.69) is 5.32 Å². The fourth-order valence-corrected chi connectivity index (χ4v) is 7.46. The van der Waals surface area contributed by atoms with Gasteiger partial charge in [-0.25, -0.2) is 8.42 Å². The Labute approximate surface area is 263 Å². The Balaban J connectivity index is 1.36. The standard InChI is InChI=1S/C33H41N3O8S/c1-23(38)36-22-29(28-10-6-7-11-30(28)36)24-20-31(33(39)34-25-8-4-3-5-9-25)44-32(21-24)43-19-17-35(16-18-37)45(40,41)27-14-12-26(42-2)13-15-27/h6-7,10-15,20,22,24-25,32,37H,3-5,8-9,16-19,21H2,1-2H3,(H,34,39)/t24-,32+/m0/s1. The van der Waals surface area contributed by atoms with Crippen LogP contribution in [0.5, 0.6) is 5.75 Å². The van der Waals surface area contributed by atoms with E-state index in [0.29, 0.717) is 12.2 Å². The molecule has 2 aliphatic rings. The zero-order valence-corrected chi connectivity index (χ0v) is 26.5. The van der Waals surface area contributed by atoms with Crippen molar-refractivity contribution >= 4 is 32.7 Å². The first-order valence-electron chi connectivity index (χ1n) is 15.4. The maximum Gasteiger partial charge on any atom is 0.286 e. The summed E-state index contributed by atoms with van der Waals surface area (Å²) in [6, 6.07) is 13.7. The molecule has 0 radical (unpaired) electrons. The second kappa shape index (κ2) is 14.6. The second-order valence-electron chi connectivity index (χ2n) is 11.4. The number of hydrogen-bond donors (Lipinski definition) is 2. The lowest BCUT2D eigenvalue weighted by atomic mass is 9.92. The van der Waals surface area contributed by atoms with Crippen LogP contribution in [0.15, 0.2) is 71.5 Å². The van der Waals surface area contributed by atoms with Gasteiger partial charge in [-0.15, -0.1) is 0 Å². The second-order valence-corrected chi connectivity index (χ2v) is 13.3. The summed E-state index contributed by atoms with van der Waals surface area (Å²) in [5.41, 5.74) is 1.64. The first kappa shape index (κ1) is 32.7. The SMILES string of the molecule is COc1ccc(S(=O)(=O)N(CCO)CCO[C@H]2C[C@@H](c3cn(C(C)=O)c4ccccc34)C=C(C(=O)NC3CCCCC3)O2)cc1. The molecule has 0 saturated heterocycles. The van der Waals surface area contributed by atoms with E-state index in [4.69, 9.17) is 14.2 Å². The molecular weight excluding hydrogens is 598 g/mol. The number of carbonyl (C=O) groups is 2. The van der Waals surface area contributed by atoms with Crippen LogP contribution in [0.1, 0.15) is 61.7 Å². The molecule has 3 aromatic rings. The Hall–Kier alpha value is -3.71. The van der Waals surface area contributed by atoms with Crippen molar-refractivity contribution in [1.82, 2.24) is 14.2 Å². The van der Waals surface area contributed by atoms with E-state index in [1.54, 1.807) is 29.0 Å². The van der Waals surface area contributed by atoms with Gasteiger partial charge < -0.3 is 24.6 Å². The summed E-state index contributed by atoms with van der Waals surface area (Å²) in [5, 5.41) is 13.6. The van der Waals surface area contributed by atoms with Crippen LogP contribution in [0.2, 0.25) is 0 Å². The summed E-state index contributed by atoms with van der Waals surface area (Å²) < 4.78 is 46.7. The molecule has 1 aliphatic carbocycles. The number of rotatable bonds is 12. The summed E-state index contributed by atoms with van der Waals surface area (Å²) in [5.74, 6) is -0.0895. The molecule has 5 rings (SSSR count). The molecule has 1 amide bonds. The summed E-state index contributed by atoms with van der Waals surface area (Å²) in [4.78, 5) is 25.9. The van der Waals surface area contributed by atoms with Crippen molar-refractivity contribution in [1.29, 1.82) is 0 Å². The van der Waals surface area contributed by atoms with Gasteiger partial charge in [0.05, 0.1) is 30.7 Å². The number of allylic oxidation sites excluding steroid dienone is 1. The van der Waals surface area contributed by atoms with Gasteiger partial charge in [-0.1, -0.05) is 37.5 Å². The highest BCUT2D eigenvalue weighted by atomic mass is 32.2. The van der Waals surface area contributed by atoms with Gasteiger partial charge in [0.15, 0.2) is 5.76 Å². The minimum Gasteiger partial charge on any atom is -0.497 e. The Kier molecular flexibility index (Phi) is 10.6. The van der Waals surface area contributed by atoms with E-state index in [0.717, 1.165) is 52.9 Å². The van der Waals surface area contributed by atoms with Crippen LogP contribution in [-0.4, -0.2) is 80.0 Å². The number of benzene rings is 2. The third kappa shape index (κ3) is 7.58. The van der Waals surface area contributed by atoms with Gasteiger partial charge in [0, 0.05) is 50.0 Å². The van der Waals surface area contributed by atoms with Crippen LogP contribution in [0, 0.1) is 0 Å². The molecule has 0 unspecified atom stereocenters. The number of nitrogens with one attached hydrogen (secondary N) is 1. The average molecular weight is 640 g/mol. The molecule has 2 aromatic carbocycles. The van der Waals surface area contributed by atoms with Gasteiger partial charge in [0.2, 0.25) is 22.2 Å². The van der Waals surface area contributed by atoms with Crippen molar-refractivity contribution in [2.24, 2.45) is 0 Å². The first-order chi connectivity index (χ1) is 21.7. The van der Waals surface area contributed by atoms with Crippen molar-refractivity contribution in [3.8, 4) is 5.75 Å². The lowest BCUT2D eigenvalue weighted by Crippen LogP contribution is -2.40. The van der Waals surface area contributed by atoms with Crippen LogP contribution in [0.4, 0.5) is 0 Å². The molecule has 2 heterocycles. The van der Waals surface area contributed by atoms with Crippen LogP contribution in [0.25, 0.3) is 10.9 Å². The molecule has 1 aromatic heterocycles. The molecule has 2 atom stereocenters. The highest BCUT2D eigenvalue weighted by Crippen LogP contribution is 2.36. The Morgan fingerprint density at radius 1 is 1.07 bits per heavy atom. The van der Waals surface area contributed by atoms with Crippen molar-refractivity contribution in [2.45, 2.75) is 68.6 Å². The number of carbonyl (C=O) groups excluding carboxylic acids is 2. The van der Waals surface area contributed by atoms with Gasteiger partial charge in [-0.3, -0.25) is 14.2 Å². The molecule has 0 bridgehead atoms. The largest absolute Gasteiger partial charge is 0.497 e. The van der Waals surface area contributed by atoms with Gasteiger partial charge in [-0.2, -0.15) is 4.31 Å². The summed E-state index contributed by atoms with van der Waals surface area (Å²) in [7, 11) is -2.43. The number of nitrogens with zero attached hydrogens (tertiary/aromatic N) is 2. The Morgan fingerprint density at radius 2 is 1.80 bits per heavy atom. The van der Waals surface area contributed by atoms with E-state index in [9.17, 15) is 23.1 Å². The monoisotopic (exact) mass is 639 g/mol. The molecule has 45 heavy (non-hydrogen) atoms. The molecule has 12 heteroatoms. The molecule has 1 saturated carbocycles. The normalized spacial score (nSPS) is 19.2. The lowest BCUT2D eigenvalue weighted by Gasteiger charge is -2.31. The highest BCUT2D eigenvalue weighted by molar-refractivity contribution is 7.89. The minimum absolute atomic E-state index is 0.0422. The quantitative estimate of drug-likeness (QED) is 0.302. The predicted molar refractivity (Wildman–Crippen MR) is 168 cm³/mol. The number of para-hydroxylation sites is 1. The fraction of sp³-hybridized carbons (Fsp3) is 0.455. The molecule has 1 fully saturated rings. The molecule has 11 nitrogen and oxygen atoms in total. The molecule has 0 spiro atoms. The van der Waals surface area contributed by atoms with E-state index >= 15 is 0 Å². The highest BCUT2D eigenvalue weighted by Gasteiger charge is 2.32.